The molecule has 1 aliphatic heterocycles. The number of hydrogen-bond acceptors (Lipinski definition) is 4. The standard InChI is InChI=1S/C14H20F2N2O2/c1-10-8-18(7-6-17-10)9-11-4-3-5-12(19-2)13(11)20-14(15)16/h3-5,10,14,17H,6-9H2,1-2H3/t10-/m1/s1. The molecule has 6 heteroatoms. The quantitative estimate of drug-likeness (QED) is 0.898. The molecular formula is C14H20F2N2O2. The van der Waals surface area contributed by atoms with E-state index in [2.05, 4.69) is 21.9 Å². The molecule has 1 saturated heterocycles. The van der Waals surface area contributed by atoms with Gasteiger partial charge in [0.1, 0.15) is 0 Å². The molecule has 1 N–H and O–H groups in total. The van der Waals surface area contributed by atoms with Crippen LogP contribution in [0.15, 0.2) is 18.2 Å². The number of nitrogens with one attached hydrogen (secondary N) is 1. The number of ether oxygens (including phenoxy) is 2. The van der Waals surface area contributed by atoms with Crippen LogP contribution in [-0.4, -0.2) is 44.3 Å². The summed E-state index contributed by atoms with van der Waals surface area (Å²) in [5.74, 6) is 0.474. The molecule has 20 heavy (non-hydrogen) atoms. The molecule has 0 saturated carbocycles. The van der Waals surface area contributed by atoms with Gasteiger partial charge >= 0.3 is 6.61 Å². The van der Waals surface area contributed by atoms with Crippen molar-refractivity contribution in [1.82, 2.24) is 10.2 Å². The molecule has 1 aromatic rings. The van der Waals surface area contributed by atoms with E-state index in [1.807, 2.05) is 0 Å². The van der Waals surface area contributed by atoms with Gasteiger partial charge in [0.2, 0.25) is 0 Å². The van der Waals surface area contributed by atoms with Gasteiger partial charge in [0, 0.05) is 37.8 Å². The van der Waals surface area contributed by atoms with Gasteiger partial charge in [-0.1, -0.05) is 12.1 Å². The number of benzene rings is 1. The van der Waals surface area contributed by atoms with E-state index in [1.54, 1.807) is 18.2 Å². The smallest absolute Gasteiger partial charge is 0.387 e. The van der Waals surface area contributed by atoms with Gasteiger partial charge in [0.15, 0.2) is 11.5 Å². The lowest BCUT2D eigenvalue weighted by Crippen LogP contribution is -2.48. The second-order valence-corrected chi connectivity index (χ2v) is 4.92. The Morgan fingerprint density at radius 2 is 2.25 bits per heavy atom. The maximum absolute atomic E-state index is 12.6. The van der Waals surface area contributed by atoms with Gasteiger partial charge < -0.3 is 14.8 Å². The van der Waals surface area contributed by atoms with E-state index < -0.39 is 6.61 Å². The highest BCUT2D eigenvalue weighted by Crippen LogP contribution is 2.33. The molecule has 1 aromatic carbocycles. The van der Waals surface area contributed by atoms with Crippen molar-refractivity contribution in [2.75, 3.05) is 26.7 Å². The number of methoxy groups -OCH3 is 1. The van der Waals surface area contributed by atoms with Crippen molar-refractivity contribution in [2.45, 2.75) is 26.1 Å². The molecule has 4 nitrogen and oxygen atoms in total. The fraction of sp³-hybridized carbons (Fsp3) is 0.571. The van der Waals surface area contributed by atoms with Crippen LogP contribution >= 0.6 is 0 Å². The average Bonchev–Trinajstić information content (AvgIpc) is 2.40. The number of piperazine rings is 1. The van der Waals surface area contributed by atoms with Crippen LogP contribution in [-0.2, 0) is 6.54 Å². The highest BCUT2D eigenvalue weighted by molar-refractivity contribution is 5.46. The van der Waals surface area contributed by atoms with Gasteiger partial charge in [0.25, 0.3) is 0 Å². The Morgan fingerprint density at radius 3 is 2.90 bits per heavy atom. The second kappa shape index (κ2) is 6.85. The molecule has 1 aliphatic rings. The molecule has 1 fully saturated rings. The first-order valence-electron chi connectivity index (χ1n) is 6.66. The molecule has 0 spiro atoms. The van der Waals surface area contributed by atoms with Crippen molar-refractivity contribution >= 4 is 0 Å². The first kappa shape index (κ1) is 15.0. The van der Waals surface area contributed by atoms with Crippen LogP contribution in [0.1, 0.15) is 12.5 Å². The first-order valence-corrected chi connectivity index (χ1v) is 6.66. The largest absolute Gasteiger partial charge is 0.493 e. The summed E-state index contributed by atoms with van der Waals surface area (Å²) in [7, 11) is 1.45. The predicted octanol–water partition coefficient (Wildman–Crippen LogP) is 2.09. The van der Waals surface area contributed by atoms with E-state index in [9.17, 15) is 8.78 Å². The Bertz CT molecular complexity index is 443. The molecule has 112 valence electrons. The number of alkyl halides is 2. The van der Waals surface area contributed by atoms with E-state index in [4.69, 9.17) is 4.74 Å². The summed E-state index contributed by atoms with van der Waals surface area (Å²) in [6.45, 7) is 2.49. The Hall–Kier alpha value is -1.40. The molecule has 0 aliphatic carbocycles. The van der Waals surface area contributed by atoms with E-state index in [1.165, 1.54) is 7.11 Å². The minimum Gasteiger partial charge on any atom is -0.493 e. The van der Waals surface area contributed by atoms with Crippen LogP contribution in [0.2, 0.25) is 0 Å². The molecule has 2 rings (SSSR count). The summed E-state index contributed by atoms with van der Waals surface area (Å²) in [5, 5.41) is 3.35. The van der Waals surface area contributed by atoms with E-state index in [-0.39, 0.29) is 5.75 Å². The van der Waals surface area contributed by atoms with E-state index >= 15 is 0 Å². The van der Waals surface area contributed by atoms with Crippen LogP contribution in [0.5, 0.6) is 11.5 Å². The second-order valence-electron chi connectivity index (χ2n) is 4.92. The summed E-state index contributed by atoms with van der Waals surface area (Å²) in [6.07, 6.45) is 0. The zero-order valence-corrected chi connectivity index (χ0v) is 11.7. The molecular weight excluding hydrogens is 266 g/mol. The number of hydrogen-bond donors (Lipinski definition) is 1. The summed E-state index contributed by atoms with van der Waals surface area (Å²) >= 11 is 0. The zero-order valence-electron chi connectivity index (χ0n) is 11.7. The molecule has 0 radical (unpaired) electrons. The van der Waals surface area contributed by atoms with Gasteiger partial charge in [-0.2, -0.15) is 8.78 Å². The Morgan fingerprint density at radius 1 is 1.45 bits per heavy atom. The van der Waals surface area contributed by atoms with Crippen LogP contribution in [0, 0.1) is 0 Å². The molecule has 0 bridgehead atoms. The SMILES string of the molecule is COc1cccc(CN2CCN[C@H](C)C2)c1OC(F)F. The first-order chi connectivity index (χ1) is 9.60. The lowest BCUT2D eigenvalue weighted by atomic mass is 10.1. The zero-order chi connectivity index (χ0) is 14.5. The van der Waals surface area contributed by atoms with Crippen LogP contribution < -0.4 is 14.8 Å². The third-order valence-corrected chi connectivity index (χ3v) is 3.33. The van der Waals surface area contributed by atoms with Gasteiger partial charge in [-0.05, 0) is 13.0 Å². The lowest BCUT2D eigenvalue weighted by molar-refractivity contribution is -0.0522. The lowest BCUT2D eigenvalue weighted by Gasteiger charge is -2.32. The predicted molar refractivity (Wildman–Crippen MR) is 72.4 cm³/mol. The molecule has 1 heterocycles. The normalized spacial score (nSPS) is 20.1. The Kier molecular flexibility index (Phi) is 5.14. The van der Waals surface area contributed by atoms with Crippen LogP contribution in [0.25, 0.3) is 0 Å². The number of para-hydroxylation sites is 1. The Balaban J connectivity index is 2.17. The van der Waals surface area contributed by atoms with E-state index in [0.717, 1.165) is 25.2 Å². The van der Waals surface area contributed by atoms with Crippen molar-refractivity contribution in [1.29, 1.82) is 0 Å². The molecule has 0 aromatic heterocycles. The third-order valence-electron chi connectivity index (χ3n) is 3.33. The number of rotatable bonds is 5. The summed E-state index contributed by atoms with van der Waals surface area (Å²) < 4.78 is 34.9. The summed E-state index contributed by atoms with van der Waals surface area (Å²) in [5.41, 5.74) is 0.721. The van der Waals surface area contributed by atoms with Gasteiger partial charge in [-0.15, -0.1) is 0 Å². The van der Waals surface area contributed by atoms with Crippen LogP contribution in [0.4, 0.5) is 8.78 Å². The fourth-order valence-corrected chi connectivity index (χ4v) is 2.47. The average molecular weight is 286 g/mol. The highest BCUT2D eigenvalue weighted by Gasteiger charge is 2.20. The van der Waals surface area contributed by atoms with Crippen molar-refractivity contribution in [2.24, 2.45) is 0 Å². The van der Waals surface area contributed by atoms with Crippen LogP contribution in [0.3, 0.4) is 0 Å². The van der Waals surface area contributed by atoms with Crippen molar-refractivity contribution in [3.8, 4) is 11.5 Å². The third kappa shape index (κ3) is 3.80. The number of halogens is 2. The van der Waals surface area contributed by atoms with Gasteiger partial charge in [0.05, 0.1) is 7.11 Å². The number of nitrogens with zero attached hydrogens (tertiary/aromatic N) is 1. The monoisotopic (exact) mass is 286 g/mol. The maximum Gasteiger partial charge on any atom is 0.387 e. The molecule has 1 atom stereocenters. The maximum atomic E-state index is 12.6. The van der Waals surface area contributed by atoms with Gasteiger partial charge in [-0.25, -0.2) is 0 Å². The minimum absolute atomic E-state index is 0.135. The minimum atomic E-state index is -2.85. The van der Waals surface area contributed by atoms with Gasteiger partial charge in [-0.3, -0.25) is 4.90 Å². The molecule has 0 amide bonds. The van der Waals surface area contributed by atoms with Crippen molar-refractivity contribution in [3.05, 3.63) is 23.8 Å². The van der Waals surface area contributed by atoms with E-state index in [0.29, 0.717) is 18.3 Å². The highest BCUT2D eigenvalue weighted by atomic mass is 19.3. The fourth-order valence-electron chi connectivity index (χ4n) is 2.47. The summed E-state index contributed by atoms with van der Waals surface area (Å²) in [4.78, 5) is 2.22. The van der Waals surface area contributed by atoms with Crippen molar-refractivity contribution < 1.29 is 18.3 Å². The van der Waals surface area contributed by atoms with Crippen molar-refractivity contribution in [3.63, 3.8) is 0 Å². The molecule has 0 unspecified atom stereocenters. The Labute approximate surface area is 117 Å². The topological polar surface area (TPSA) is 33.7 Å². The summed E-state index contributed by atoms with van der Waals surface area (Å²) in [6, 6.07) is 5.61.